The van der Waals surface area contributed by atoms with Crippen molar-refractivity contribution in [3.63, 3.8) is 0 Å². The molecule has 1 atom stereocenters. The molecule has 0 fully saturated rings. The highest BCUT2D eigenvalue weighted by molar-refractivity contribution is 9.10. The highest BCUT2D eigenvalue weighted by Gasteiger charge is 2.11. The van der Waals surface area contributed by atoms with Crippen LogP contribution in [0.3, 0.4) is 0 Å². The van der Waals surface area contributed by atoms with E-state index in [1.807, 2.05) is 0 Å². The Labute approximate surface area is 117 Å². The average molecular weight is 317 g/mol. The fourth-order valence-electron chi connectivity index (χ4n) is 1.49. The van der Waals surface area contributed by atoms with Crippen molar-refractivity contribution in [3.05, 3.63) is 34.1 Å². The highest BCUT2D eigenvalue weighted by atomic mass is 79.9. The van der Waals surface area contributed by atoms with E-state index >= 15 is 0 Å². The van der Waals surface area contributed by atoms with E-state index in [4.69, 9.17) is 0 Å². The van der Waals surface area contributed by atoms with E-state index in [9.17, 15) is 4.39 Å². The van der Waals surface area contributed by atoms with Gasteiger partial charge in [-0.3, -0.25) is 0 Å². The van der Waals surface area contributed by atoms with Crippen LogP contribution >= 0.6 is 15.9 Å². The molecule has 0 saturated heterocycles. The Morgan fingerprint density at radius 1 is 1.33 bits per heavy atom. The Bertz CT molecular complexity index is 388. The third-order valence-corrected chi connectivity index (χ3v) is 3.36. The molecule has 2 nitrogen and oxygen atoms in total. The smallest absolute Gasteiger partial charge is 0.123 e. The Morgan fingerprint density at radius 2 is 2.00 bits per heavy atom. The van der Waals surface area contributed by atoms with Gasteiger partial charge in [0.25, 0.3) is 0 Å². The van der Waals surface area contributed by atoms with E-state index in [0.717, 1.165) is 16.6 Å². The summed E-state index contributed by atoms with van der Waals surface area (Å²) in [4.78, 5) is 0. The third kappa shape index (κ3) is 5.94. The van der Waals surface area contributed by atoms with E-state index in [2.05, 4.69) is 54.3 Å². The summed E-state index contributed by atoms with van der Waals surface area (Å²) in [6, 6.07) is 5.09. The minimum Gasteiger partial charge on any atom is -0.311 e. The molecule has 2 N–H and O–H groups in total. The monoisotopic (exact) mass is 316 g/mol. The summed E-state index contributed by atoms with van der Waals surface area (Å²) in [5, 5.41) is 6.82. The third-order valence-electron chi connectivity index (χ3n) is 2.59. The van der Waals surface area contributed by atoms with Gasteiger partial charge in [0, 0.05) is 29.1 Å². The Hall–Kier alpha value is -0.450. The molecule has 0 bridgehead atoms. The number of benzene rings is 1. The molecule has 4 heteroatoms. The van der Waals surface area contributed by atoms with Gasteiger partial charge in [-0.05, 0) is 51.5 Å². The van der Waals surface area contributed by atoms with Crippen LogP contribution in [0, 0.1) is 5.82 Å². The molecule has 0 amide bonds. The summed E-state index contributed by atoms with van der Waals surface area (Å²) in [5.74, 6) is -0.199. The first-order valence-corrected chi connectivity index (χ1v) is 6.99. The lowest BCUT2D eigenvalue weighted by molar-refractivity contribution is 0.387. The summed E-state index contributed by atoms with van der Waals surface area (Å²) in [5.41, 5.74) is 1.06. The largest absolute Gasteiger partial charge is 0.311 e. The van der Waals surface area contributed by atoms with E-state index in [0.29, 0.717) is 12.6 Å². The van der Waals surface area contributed by atoms with Crippen molar-refractivity contribution in [1.29, 1.82) is 0 Å². The van der Waals surface area contributed by atoms with Crippen molar-refractivity contribution in [2.45, 2.75) is 45.8 Å². The van der Waals surface area contributed by atoms with E-state index in [1.165, 1.54) is 6.07 Å². The highest BCUT2D eigenvalue weighted by Crippen LogP contribution is 2.17. The normalized spacial score (nSPS) is 13.7. The van der Waals surface area contributed by atoms with Gasteiger partial charge in [0.15, 0.2) is 0 Å². The van der Waals surface area contributed by atoms with E-state index < -0.39 is 0 Å². The lowest BCUT2D eigenvalue weighted by Crippen LogP contribution is -2.44. The molecule has 0 aliphatic carbocycles. The van der Waals surface area contributed by atoms with Crippen molar-refractivity contribution >= 4 is 15.9 Å². The van der Waals surface area contributed by atoms with Gasteiger partial charge < -0.3 is 10.6 Å². The number of hydrogen-bond donors (Lipinski definition) is 2. The van der Waals surface area contributed by atoms with Gasteiger partial charge in [-0.15, -0.1) is 0 Å². The molecular weight excluding hydrogens is 295 g/mol. The summed E-state index contributed by atoms with van der Waals surface area (Å²) >= 11 is 3.43. The quantitative estimate of drug-likeness (QED) is 0.869. The lowest BCUT2D eigenvalue weighted by atomic mass is 10.1. The van der Waals surface area contributed by atoms with Crippen molar-refractivity contribution in [1.82, 2.24) is 10.6 Å². The SMILES string of the molecule is CC(CNC(C)(C)C)NCc1cc(F)ccc1Br. The molecule has 18 heavy (non-hydrogen) atoms. The van der Waals surface area contributed by atoms with Crippen LogP contribution in [0.2, 0.25) is 0 Å². The number of rotatable bonds is 5. The first-order valence-electron chi connectivity index (χ1n) is 6.20. The minimum absolute atomic E-state index is 0.120. The Kier molecular flexibility index (Phi) is 5.76. The van der Waals surface area contributed by atoms with Crippen molar-refractivity contribution in [2.75, 3.05) is 6.54 Å². The van der Waals surface area contributed by atoms with Crippen LogP contribution in [-0.2, 0) is 6.54 Å². The molecule has 0 aliphatic heterocycles. The van der Waals surface area contributed by atoms with Gasteiger partial charge in [0.05, 0.1) is 0 Å². The molecule has 1 aromatic carbocycles. The fourth-order valence-corrected chi connectivity index (χ4v) is 1.88. The second kappa shape index (κ2) is 6.64. The van der Waals surface area contributed by atoms with Gasteiger partial charge in [-0.1, -0.05) is 15.9 Å². The molecule has 0 heterocycles. The topological polar surface area (TPSA) is 24.1 Å². The molecule has 0 spiro atoms. The van der Waals surface area contributed by atoms with Gasteiger partial charge in [-0.25, -0.2) is 4.39 Å². The van der Waals surface area contributed by atoms with Crippen LogP contribution in [0.5, 0.6) is 0 Å². The second-order valence-electron chi connectivity index (χ2n) is 5.65. The standard InChI is InChI=1S/C14H22BrFN2/c1-10(8-18-14(2,3)4)17-9-11-7-12(16)5-6-13(11)15/h5-7,10,17-18H,8-9H2,1-4H3. The van der Waals surface area contributed by atoms with Gasteiger partial charge in [0.1, 0.15) is 5.82 Å². The van der Waals surface area contributed by atoms with Crippen molar-refractivity contribution in [2.24, 2.45) is 0 Å². The number of halogens is 2. The van der Waals surface area contributed by atoms with Crippen LogP contribution in [0.4, 0.5) is 4.39 Å². The maximum absolute atomic E-state index is 13.1. The molecule has 102 valence electrons. The van der Waals surface area contributed by atoms with Gasteiger partial charge in [-0.2, -0.15) is 0 Å². The van der Waals surface area contributed by atoms with E-state index in [1.54, 1.807) is 12.1 Å². The lowest BCUT2D eigenvalue weighted by Gasteiger charge is -2.24. The Morgan fingerprint density at radius 3 is 2.61 bits per heavy atom. The van der Waals surface area contributed by atoms with Crippen LogP contribution in [0.1, 0.15) is 33.3 Å². The molecule has 0 radical (unpaired) electrons. The zero-order chi connectivity index (χ0) is 13.8. The maximum Gasteiger partial charge on any atom is 0.123 e. The maximum atomic E-state index is 13.1. The zero-order valence-corrected chi connectivity index (χ0v) is 13.1. The molecule has 0 saturated carbocycles. The summed E-state index contributed by atoms with van der Waals surface area (Å²) in [7, 11) is 0. The van der Waals surface area contributed by atoms with Crippen LogP contribution in [0.15, 0.2) is 22.7 Å². The Balaban J connectivity index is 2.42. The van der Waals surface area contributed by atoms with E-state index in [-0.39, 0.29) is 11.4 Å². The molecular formula is C14H22BrFN2. The fraction of sp³-hybridized carbons (Fsp3) is 0.571. The predicted molar refractivity (Wildman–Crippen MR) is 78.2 cm³/mol. The minimum atomic E-state index is -0.199. The first kappa shape index (κ1) is 15.6. The molecule has 1 aromatic rings. The molecule has 1 unspecified atom stereocenters. The zero-order valence-electron chi connectivity index (χ0n) is 11.5. The molecule has 1 rings (SSSR count). The summed E-state index contributed by atoms with van der Waals surface area (Å²) in [6.07, 6.45) is 0. The number of hydrogen-bond acceptors (Lipinski definition) is 2. The number of nitrogens with one attached hydrogen (secondary N) is 2. The summed E-state index contributed by atoms with van der Waals surface area (Å²) < 4.78 is 14.1. The second-order valence-corrected chi connectivity index (χ2v) is 6.50. The van der Waals surface area contributed by atoms with Gasteiger partial charge in [0.2, 0.25) is 0 Å². The first-order chi connectivity index (χ1) is 8.28. The van der Waals surface area contributed by atoms with Crippen LogP contribution < -0.4 is 10.6 Å². The molecule has 0 aromatic heterocycles. The summed E-state index contributed by atoms with van der Waals surface area (Å²) in [6.45, 7) is 10.1. The van der Waals surface area contributed by atoms with Crippen LogP contribution in [-0.4, -0.2) is 18.1 Å². The predicted octanol–water partition coefficient (Wildman–Crippen LogP) is 3.45. The van der Waals surface area contributed by atoms with Crippen molar-refractivity contribution < 1.29 is 4.39 Å². The average Bonchev–Trinajstić information content (AvgIpc) is 2.26. The molecule has 0 aliphatic rings. The van der Waals surface area contributed by atoms with Crippen molar-refractivity contribution in [3.8, 4) is 0 Å². The van der Waals surface area contributed by atoms with Crippen LogP contribution in [0.25, 0.3) is 0 Å². The van der Waals surface area contributed by atoms with Gasteiger partial charge >= 0.3 is 0 Å².